The van der Waals surface area contributed by atoms with Gasteiger partial charge in [0.1, 0.15) is 0 Å². The summed E-state index contributed by atoms with van der Waals surface area (Å²) < 4.78 is 12.4. The van der Waals surface area contributed by atoms with Crippen LogP contribution >= 0.6 is 11.6 Å². The van der Waals surface area contributed by atoms with Gasteiger partial charge in [-0.05, 0) is 43.5 Å². The fraction of sp³-hybridized carbons (Fsp3) is 0.500. The SMILES string of the molecule is NCC1CCCC1S(=O)c1cccc(Cl)c1. The van der Waals surface area contributed by atoms with Gasteiger partial charge in [0.25, 0.3) is 0 Å². The molecule has 2 N–H and O–H groups in total. The second-order valence-electron chi connectivity index (χ2n) is 4.22. The lowest BCUT2D eigenvalue weighted by Gasteiger charge is -2.17. The molecule has 1 saturated carbocycles. The van der Waals surface area contributed by atoms with Gasteiger partial charge in [0, 0.05) is 15.2 Å². The molecular weight excluding hydrogens is 242 g/mol. The van der Waals surface area contributed by atoms with Crippen molar-refractivity contribution in [2.24, 2.45) is 11.7 Å². The zero-order valence-corrected chi connectivity index (χ0v) is 10.6. The van der Waals surface area contributed by atoms with Crippen LogP contribution in [0.25, 0.3) is 0 Å². The Bertz CT molecular complexity index is 396. The molecule has 3 unspecified atom stereocenters. The molecule has 1 aliphatic carbocycles. The van der Waals surface area contributed by atoms with E-state index in [1.54, 1.807) is 12.1 Å². The highest BCUT2D eigenvalue weighted by molar-refractivity contribution is 7.85. The Morgan fingerprint density at radius 1 is 1.44 bits per heavy atom. The molecule has 1 aromatic rings. The summed E-state index contributed by atoms with van der Waals surface area (Å²) in [6, 6.07) is 7.33. The topological polar surface area (TPSA) is 43.1 Å². The first kappa shape index (κ1) is 12.1. The molecule has 4 heteroatoms. The molecular formula is C12H16ClNOS. The second-order valence-corrected chi connectivity index (χ2v) is 6.33. The van der Waals surface area contributed by atoms with Crippen molar-refractivity contribution in [3.63, 3.8) is 0 Å². The lowest BCUT2D eigenvalue weighted by atomic mass is 10.1. The summed E-state index contributed by atoms with van der Waals surface area (Å²) in [6.45, 7) is 0.636. The van der Waals surface area contributed by atoms with Gasteiger partial charge in [0.05, 0.1) is 10.8 Å². The van der Waals surface area contributed by atoms with Gasteiger partial charge in [0.15, 0.2) is 0 Å². The van der Waals surface area contributed by atoms with Crippen LogP contribution in [0.2, 0.25) is 5.02 Å². The van der Waals surface area contributed by atoms with Gasteiger partial charge in [-0.1, -0.05) is 24.1 Å². The quantitative estimate of drug-likeness (QED) is 0.905. The van der Waals surface area contributed by atoms with E-state index in [0.29, 0.717) is 17.5 Å². The summed E-state index contributed by atoms with van der Waals surface area (Å²) in [6.07, 6.45) is 3.26. The van der Waals surface area contributed by atoms with Gasteiger partial charge in [-0.15, -0.1) is 0 Å². The molecule has 0 spiro atoms. The largest absolute Gasteiger partial charge is 0.330 e. The molecule has 1 aliphatic rings. The summed E-state index contributed by atoms with van der Waals surface area (Å²) in [5.41, 5.74) is 5.71. The molecule has 0 saturated heterocycles. The molecule has 0 heterocycles. The zero-order valence-electron chi connectivity index (χ0n) is 9.06. The van der Waals surface area contributed by atoms with Crippen molar-refractivity contribution in [3.8, 4) is 0 Å². The summed E-state index contributed by atoms with van der Waals surface area (Å²) in [4.78, 5) is 0.831. The molecule has 0 bridgehead atoms. The molecule has 2 rings (SSSR count). The molecule has 88 valence electrons. The second kappa shape index (κ2) is 5.30. The molecule has 3 atom stereocenters. The molecule has 0 amide bonds. The van der Waals surface area contributed by atoms with E-state index in [1.807, 2.05) is 12.1 Å². The molecule has 16 heavy (non-hydrogen) atoms. The van der Waals surface area contributed by atoms with E-state index in [4.69, 9.17) is 17.3 Å². The van der Waals surface area contributed by atoms with Gasteiger partial charge in [-0.25, -0.2) is 0 Å². The van der Waals surface area contributed by atoms with Gasteiger partial charge in [-0.2, -0.15) is 0 Å². The summed E-state index contributed by atoms with van der Waals surface area (Å²) in [5.74, 6) is 0.403. The Morgan fingerprint density at radius 3 is 2.94 bits per heavy atom. The van der Waals surface area contributed by atoms with Crippen LogP contribution in [0.3, 0.4) is 0 Å². The van der Waals surface area contributed by atoms with Crippen LogP contribution in [-0.4, -0.2) is 16.0 Å². The van der Waals surface area contributed by atoms with Crippen molar-refractivity contribution >= 4 is 22.4 Å². The number of halogens is 1. The van der Waals surface area contributed by atoms with E-state index >= 15 is 0 Å². The Balaban J connectivity index is 2.18. The standard InChI is InChI=1S/C12H16ClNOS/c13-10-4-2-5-11(7-10)16(15)12-6-1-3-9(12)8-14/h2,4-5,7,9,12H,1,3,6,8,14H2. The predicted octanol–water partition coefficient (Wildman–Crippen LogP) is 2.58. The van der Waals surface area contributed by atoms with Crippen LogP contribution in [0.15, 0.2) is 29.2 Å². The highest BCUT2D eigenvalue weighted by Crippen LogP contribution is 2.32. The lowest BCUT2D eigenvalue weighted by Crippen LogP contribution is -2.26. The minimum Gasteiger partial charge on any atom is -0.330 e. The monoisotopic (exact) mass is 257 g/mol. The van der Waals surface area contributed by atoms with Crippen LogP contribution in [-0.2, 0) is 10.8 Å². The first-order valence-corrected chi connectivity index (χ1v) is 7.17. The van der Waals surface area contributed by atoms with Crippen LogP contribution < -0.4 is 5.73 Å². The van der Waals surface area contributed by atoms with E-state index in [1.165, 1.54) is 0 Å². The van der Waals surface area contributed by atoms with Crippen molar-refractivity contribution in [2.45, 2.75) is 29.4 Å². The van der Waals surface area contributed by atoms with E-state index in [2.05, 4.69) is 0 Å². The van der Waals surface area contributed by atoms with Gasteiger partial charge in [0.2, 0.25) is 0 Å². The van der Waals surface area contributed by atoms with Gasteiger partial charge >= 0.3 is 0 Å². The van der Waals surface area contributed by atoms with Crippen LogP contribution in [0.4, 0.5) is 0 Å². The van der Waals surface area contributed by atoms with Crippen LogP contribution in [0.1, 0.15) is 19.3 Å². The summed E-state index contributed by atoms with van der Waals surface area (Å²) in [5, 5.41) is 0.858. The molecule has 0 aromatic heterocycles. The Labute approximate surface area is 104 Å². The number of nitrogens with two attached hydrogens (primary N) is 1. The maximum absolute atomic E-state index is 12.4. The lowest BCUT2D eigenvalue weighted by molar-refractivity contribution is 0.557. The minimum atomic E-state index is -0.963. The maximum Gasteiger partial charge on any atom is 0.0564 e. The van der Waals surface area contributed by atoms with E-state index in [9.17, 15) is 4.21 Å². The van der Waals surface area contributed by atoms with Crippen LogP contribution in [0, 0.1) is 5.92 Å². The normalized spacial score (nSPS) is 26.9. The first-order chi connectivity index (χ1) is 7.72. The Hall–Kier alpha value is -0.380. The molecule has 0 aliphatic heterocycles. The minimum absolute atomic E-state index is 0.212. The first-order valence-electron chi connectivity index (χ1n) is 5.58. The van der Waals surface area contributed by atoms with Gasteiger partial charge < -0.3 is 5.73 Å². The summed E-state index contributed by atoms with van der Waals surface area (Å²) >= 11 is 5.91. The zero-order chi connectivity index (χ0) is 11.5. The highest BCUT2D eigenvalue weighted by Gasteiger charge is 2.31. The summed E-state index contributed by atoms with van der Waals surface area (Å²) in [7, 11) is -0.963. The average molecular weight is 258 g/mol. The highest BCUT2D eigenvalue weighted by atomic mass is 35.5. The number of hydrogen-bond acceptors (Lipinski definition) is 2. The number of hydrogen-bond donors (Lipinski definition) is 1. The fourth-order valence-corrected chi connectivity index (χ4v) is 4.36. The molecule has 1 aromatic carbocycles. The van der Waals surface area contributed by atoms with Crippen molar-refractivity contribution in [1.29, 1.82) is 0 Å². The van der Waals surface area contributed by atoms with Crippen molar-refractivity contribution in [1.82, 2.24) is 0 Å². The maximum atomic E-state index is 12.4. The van der Waals surface area contributed by atoms with E-state index in [-0.39, 0.29) is 5.25 Å². The van der Waals surface area contributed by atoms with E-state index in [0.717, 1.165) is 24.2 Å². The fourth-order valence-electron chi connectivity index (χ4n) is 2.32. The van der Waals surface area contributed by atoms with Crippen LogP contribution in [0.5, 0.6) is 0 Å². The number of benzene rings is 1. The molecule has 0 radical (unpaired) electrons. The van der Waals surface area contributed by atoms with E-state index < -0.39 is 10.8 Å². The van der Waals surface area contributed by atoms with Crippen molar-refractivity contribution in [2.75, 3.05) is 6.54 Å². The third-order valence-electron chi connectivity index (χ3n) is 3.20. The third-order valence-corrected chi connectivity index (χ3v) is 5.32. The Morgan fingerprint density at radius 2 is 2.25 bits per heavy atom. The molecule has 2 nitrogen and oxygen atoms in total. The smallest absolute Gasteiger partial charge is 0.0564 e. The molecule has 1 fully saturated rings. The number of rotatable bonds is 3. The van der Waals surface area contributed by atoms with Crippen molar-refractivity contribution < 1.29 is 4.21 Å². The Kier molecular flexibility index (Phi) is 4.00. The van der Waals surface area contributed by atoms with Crippen molar-refractivity contribution in [3.05, 3.63) is 29.3 Å². The van der Waals surface area contributed by atoms with Gasteiger partial charge in [-0.3, -0.25) is 4.21 Å². The predicted molar refractivity (Wildman–Crippen MR) is 68.0 cm³/mol. The third kappa shape index (κ3) is 2.47. The average Bonchev–Trinajstić information content (AvgIpc) is 2.76.